The van der Waals surface area contributed by atoms with Gasteiger partial charge in [0.15, 0.2) is 0 Å². The van der Waals surface area contributed by atoms with Crippen molar-refractivity contribution in [2.75, 3.05) is 19.6 Å². The van der Waals surface area contributed by atoms with Crippen LogP contribution in [0.5, 0.6) is 0 Å². The van der Waals surface area contributed by atoms with Crippen molar-refractivity contribution in [3.05, 3.63) is 12.7 Å². The second kappa shape index (κ2) is 4.94. The van der Waals surface area contributed by atoms with Crippen LogP contribution in [-0.4, -0.2) is 30.1 Å². The topological polar surface area (TPSA) is 29.3 Å². The van der Waals surface area contributed by atoms with Crippen molar-refractivity contribution in [1.82, 2.24) is 4.90 Å². The first-order chi connectivity index (χ1) is 6.60. The van der Waals surface area contributed by atoms with Crippen LogP contribution < -0.4 is 5.73 Å². The molecule has 1 saturated heterocycles. The van der Waals surface area contributed by atoms with Gasteiger partial charge in [-0.3, -0.25) is 4.90 Å². The first kappa shape index (κ1) is 11.7. The molecule has 0 aromatic rings. The molecule has 2 heteroatoms. The predicted molar refractivity (Wildman–Crippen MR) is 62.2 cm³/mol. The summed E-state index contributed by atoms with van der Waals surface area (Å²) >= 11 is 0. The molecule has 1 atom stereocenters. The fourth-order valence-electron chi connectivity index (χ4n) is 2.56. The van der Waals surface area contributed by atoms with E-state index in [1.165, 1.54) is 25.8 Å². The summed E-state index contributed by atoms with van der Waals surface area (Å²) in [6.45, 7) is 11.5. The highest BCUT2D eigenvalue weighted by molar-refractivity contribution is 4.92. The van der Waals surface area contributed by atoms with E-state index in [1.54, 1.807) is 0 Å². The van der Waals surface area contributed by atoms with Gasteiger partial charge < -0.3 is 5.73 Å². The first-order valence-electron chi connectivity index (χ1n) is 5.66. The third-order valence-corrected chi connectivity index (χ3v) is 3.38. The largest absolute Gasteiger partial charge is 0.330 e. The zero-order chi connectivity index (χ0) is 10.6. The van der Waals surface area contributed by atoms with Gasteiger partial charge in [0.2, 0.25) is 0 Å². The minimum Gasteiger partial charge on any atom is -0.330 e. The van der Waals surface area contributed by atoms with E-state index in [0.29, 0.717) is 5.54 Å². The number of nitrogens with two attached hydrogens (primary N) is 1. The molecular formula is C12H24N2. The van der Waals surface area contributed by atoms with Crippen LogP contribution in [0.1, 0.15) is 33.1 Å². The molecule has 1 fully saturated rings. The van der Waals surface area contributed by atoms with Crippen LogP contribution in [0.15, 0.2) is 12.7 Å². The maximum Gasteiger partial charge on any atom is 0.0165 e. The van der Waals surface area contributed by atoms with Crippen LogP contribution in [0.2, 0.25) is 0 Å². The molecule has 82 valence electrons. The Hall–Kier alpha value is -0.340. The van der Waals surface area contributed by atoms with Gasteiger partial charge in [0.25, 0.3) is 0 Å². The van der Waals surface area contributed by atoms with Crippen molar-refractivity contribution >= 4 is 0 Å². The van der Waals surface area contributed by atoms with Crippen molar-refractivity contribution in [3.8, 4) is 0 Å². The second-order valence-electron chi connectivity index (χ2n) is 4.98. The number of rotatable bonds is 4. The van der Waals surface area contributed by atoms with Crippen molar-refractivity contribution in [1.29, 1.82) is 0 Å². The Morgan fingerprint density at radius 3 is 2.79 bits per heavy atom. The molecule has 1 aliphatic rings. The van der Waals surface area contributed by atoms with Crippen molar-refractivity contribution < 1.29 is 0 Å². The number of piperidine rings is 1. The fraction of sp³-hybridized carbons (Fsp3) is 0.833. The number of hydrogen-bond donors (Lipinski definition) is 1. The van der Waals surface area contributed by atoms with Gasteiger partial charge in [-0.25, -0.2) is 0 Å². The lowest BCUT2D eigenvalue weighted by atomic mass is 9.81. The minimum absolute atomic E-state index is 0.326. The Labute approximate surface area is 88.2 Å². The lowest BCUT2D eigenvalue weighted by Crippen LogP contribution is -2.50. The lowest BCUT2D eigenvalue weighted by molar-refractivity contribution is 0.0559. The van der Waals surface area contributed by atoms with E-state index in [-0.39, 0.29) is 0 Å². The van der Waals surface area contributed by atoms with Crippen LogP contribution in [0.25, 0.3) is 0 Å². The molecule has 0 spiro atoms. The van der Waals surface area contributed by atoms with E-state index in [4.69, 9.17) is 5.73 Å². The lowest BCUT2D eigenvalue weighted by Gasteiger charge is -2.45. The van der Waals surface area contributed by atoms with Crippen LogP contribution >= 0.6 is 0 Å². The zero-order valence-electron chi connectivity index (χ0n) is 9.63. The molecule has 2 N–H and O–H groups in total. The summed E-state index contributed by atoms with van der Waals surface area (Å²) in [4.78, 5) is 2.52. The summed E-state index contributed by atoms with van der Waals surface area (Å²) in [5.41, 5.74) is 5.94. The van der Waals surface area contributed by atoms with E-state index in [9.17, 15) is 0 Å². The minimum atomic E-state index is 0.326. The highest BCUT2D eigenvalue weighted by Gasteiger charge is 2.33. The fourth-order valence-corrected chi connectivity index (χ4v) is 2.56. The van der Waals surface area contributed by atoms with Gasteiger partial charge in [0.05, 0.1) is 0 Å². The third-order valence-electron chi connectivity index (χ3n) is 3.38. The first-order valence-corrected chi connectivity index (χ1v) is 5.66. The molecule has 0 radical (unpaired) electrons. The van der Waals surface area contributed by atoms with Gasteiger partial charge >= 0.3 is 0 Å². The molecule has 1 rings (SSSR count). The zero-order valence-corrected chi connectivity index (χ0v) is 9.63. The molecule has 0 aromatic heterocycles. The van der Waals surface area contributed by atoms with E-state index >= 15 is 0 Å². The monoisotopic (exact) mass is 196 g/mol. The Morgan fingerprint density at radius 2 is 2.29 bits per heavy atom. The summed E-state index contributed by atoms with van der Waals surface area (Å²) in [6.07, 6.45) is 5.77. The normalized spacial score (nSPS) is 27.5. The Kier molecular flexibility index (Phi) is 4.14. The van der Waals surface area contributed by atoms with E-state index in [0.717, 1.165) is 19.0 Å². The molecule has 0 amide bonds. The summed E-state index contributed by atoms with van der Waals surface area (Å²) in [5.74, 6) is 0.830. The van der Waals surface area contributed by atoms with Crippen molar-refractivity contribution in [2.45, 2.75) is 38.6 Å². The highest BCUT2D eigenvalue weighted by Crippen LogP contribution is 2.32. The van der Waals surface area contributed by atoms with Crippen LogP contribution in [0, 0.1) is 5.92 Å². The molecule has 14 heavy (non-hydrogen) atoms. The standard InChI is InChI=1S/C12H24N2/c1-4-8-14-9-6-11(5-7-13)10-12(14,2)3/h4,11H,1,5-10,13H2,2-3H3. The van der Waals surface area contributed by atoms with Gasteiger partial charge in [0.1, 0.15) is 0 Å². The molecule has 0 aromatic carbocycles. The third kappa shape index (κ3) is 2.82. The molecule has 0 bridgehead atoms. The van der Waals surface area contributed by atoms with E-state index in [1.807, 2.05) is 6.08 Å². The molecule has 1 unspecified atom stereocenters. The molecule has 0 saturated carbocycles. The Balaban J connectivity index is 2.51. The summed E-state index contributed by atoms with van der Waals surface area (Å²) < 4.78 is 0. The highest BCUT2D eigenvalue weighted by atomic mass is 15.2. The van der Waals surface area contributed by atoms with Crippen molar-refractivity contribution in [3.63, 3.8) is 0 Å². The van der Waals surface area contributed by atoms with Crippen LogP contribution in [0.4, 0.5) is 0 Å². The Bertz CT molecular complexity index is 187. The second-order valence-corrected chi connectivity index (χ2v) is 4.98. The summed E-state index contributed by atoms with van der Waals surface area (Å²) in [7, 11) is 0. The Morgan fingerprint density at radius 1 is 1.57 bits per heavy atom. The average molecular weight is 196 g/mol. The number of likely N-dealkylation sites (tertiary alicyclic amines) is 1. The van der Waals surface area contributed by atoms with Gasteiger partial charge in [-0.15, -0.1) is 6.58 Å². The quantitative estimate of drug-likeness (QED) is 0.697. The van der Waals surface area contributed by atoms with Crippen LogP contribution in [-0.2, 0) is 0 Å². The molecule has 1 aliphatic heterocycles. The number of nitrogens with zero attached hydrogens (tertiary/aromatic N) is 1. The number of hydrogen-bond acceptors (Lipinski definition) is 2. The molecule has 2 nitrogen and oxygen atoms in total. The molecule has 0 aliphatic carbocycles. The van der Waals surface area contributed by atoms with Gasteiger partial charge in [-0.05, 0) is 52.1 Å². The van der Waals surface area contributed by atoms with Crippen molar-refractivity contribution in [2.24, 2.45) is 11.7 Å². The van der Waals surface area contributed by atoms with Gasteiger partial charge in [-0.2, -0.15) is 0 Å². The molecular weight excluding hydrogens is 172 g/mol. The maximum atomic E-state index is 5.61. The summed E-state index contributed by atoms with van der Waals surface area (Å²) in [6, 6.07) is 0. The van der Waals surface area contributed by atoms with Crippen LogP contribution in [0.3, 0.4) is 0 Å². The van der Waals surface area contributed by atoms with E-state index < -0.39 is 0 Å². The predicted octanol–water partition coefficient (Wildman–Crippen LogP) is 2.01. The van der Waals surface area contributed by atoms with Gasteiger partial charge in [-0.1, -0.05) is 6.08 Å². The SMILES string of the molecule is C=CCN1CCC(CCN)CC1(C)C. The smallest absolute Gasteiger partial charge is 0.0165 e. The molecule has 1 heterocycles. The average Bonchev–Trinajstić information content (AvgIpc) is 2.10. The van der Waals surface area contributed by atoms with E-state index in [2.05, 4.69) is 25.3 Å². The maximum absolute atomic E-state index is 5.61. The summed E-state index contributed by atoms with van der Waals surface area (Å²) in [5, 5.41) is 0. The van der Waals surface area contributed by atoms with Gasteiger partial charge in [0, 0.05) is 12.1 Å².